The van der Waals surface area contributed by atoms with E-state index in [0.717, 1.165) is 43.7 Å². The van der Waals surface area contributed by atoms with E-state index in [1.54, 1.807) is 21.1 Å². The van der Waals surface area contributed by atoms with E-state index in [1.165, 1.54) is 0 Å². The van der Waals surface area contributed by atoms with Crippen LogP contribution in [0.1, 0.15) is 38.2 Å². The fourth-order valence-electron chi connectivity index (χ4n) is 2.66. The van der Waals surface area contributed by atoms with E-state index in [1.807, 2.05) is 18.2 Å². The molecule has 0 saturated heterocycles. The van der Waals surface area contributed by atoms with Gasteiger partial charge in [0.15, 0.2) is 11.5 Å². The minimum absolute atomic E-state index is 0.186. The van der Waals surface area contributed by atoms with Gasteiger partial charge in [0, 0.05) is 6.42 Å². The van der Waals surface area contributed by atoms with Gasteiger partial charge in [-0.15, -0.1) is 0 Å². The highest BCUT2D eigenvalue weighted by molar-refractivity contribution is 5.97. The summed E-state index contributed by atoms with van der Waals surface area (Å²) in [7, 11) is 3.23. The van der Waals surface area contributed by atoms with Crippen molar-refractivity contribution in [2.24, 2.45) is 5.92 Å². The number of unbranched alkanes of at least 4 members (excludes halogenated alkanes) is 1. The first-order chi connectivity index (χ1) is 12.0. The molecule has 0 aliphatic heterocycles. The molecule has 6 nitrogen and oxygen atoms in total. The number of carboxylic acid groups (broad SMARTS) is 1. The molecule has 0 fully saturated rings. The number of aliphatic carboxylic acids is 1. The summed E-state index contributed by atoms with van der Waals surface area (Å²) in [5, 5.41) is 12.4. The van der Waals surface area contributed by atoms with Gasteiger partial charge in [0.25, 0.3) is 0 Å². The second-order valence-corrected chi connectivity index (χ2v) is 5.90. The zero-order valence-electron chi connectivity index (χ0n) is 15.3. The number of methoxy groups -OCH3 is 2. The van der Waals surface area contributed by atoms with E-state index in [-0.39, 0.29) is 12.2 Å². The number of ketones is 1. The molecule has 6 heteroatoms. The molecule has 0 amide bonds. The molecular weight excluding hydrogens is 322 g/mol. The number of carboxylic acids is 1. The van der Waals surface area contributed by atoms with Crippen LogP contribution in [0, 0.1) is 5.92 Å². The lowest BCUT2D eigenvalue weighted by molar-refractivity contribution is -0.146. The Morgan fingerprint density at radius 1 is 1.12 bits per heavy atom. The van der Waals surface area contributed by atoms with E-state index in [2.05, 4.69) is 5.32 Å². The van der Waals surface area contributed by atoms with Crippen LogP contribution in [0.15, 0.2) is 18.2 Å². The normalized spacial score (nSPS) is 11.8. The summed E-state index contributed by atoms with van der Waals surface area (Å²) < 4.78 is 10.5. The molecule has 0 aromatic heterocycles. The Morgan fingerprint density at radius 2 is 1.84 bits per heavy atom. The minimum atomic E-state index is -1.01. The largest absolute Gasteiger partial charge is 0.493 e. The molecule has 0 radical (unpaired) electrons. The standard InChI is InChI=1S/C19H29NO5/c1-4-16(21)15(19(22)23)7-5-6-11-20-12-10-14-8-9-17(24-2)18(13-14)25-3/h8-9,13,15,20H,4-7,10-12H2,1-3H3,(H,22,23). The first kappa shape index (κ1) is 21.0. The van der Waals surface area contributed by atoms with Crippen molar-refractivity contribution < 1.29 is 24.2 Å². The first-order valence-electron chi connectivity index (χ1n) is 8.70. The Kier molecular flexibility index (Phi) is 9.62. The topological polar surface area (TPSA) is 84.9 Å². The van der Waals surface area contributed by atoms with Crippen LogP contribution in [0.4, 0.5) is 0 Å². The molecule has 140 valence electrons. The number of carbonyl (C=O) groups excluding carboxylic acids is 1. The SMILES string of the molecule is CCC(=O)C(CCCCNCCc1ccc(OC)c(OC)c1)C(=O)O. The summed E-state index contributed by atoms with van der Waals surface area (Å²) in [6.07, 6.45) is 3.14. The van der Waals surface area contributed by atoms with Crippen LogP contribution in [-0.4, -0.2) is 44.2 Å². The molecule has 0 heterocycles. The van der Waals surface area contributed by atoms with Gasteiger partial charge in [-0.2, -0.15) is 0 Å². The summed E-state index contributed by atoms with van der Waals surface area (Å²) in [6, 6.07) is 5.87. The van der Waals surface area contributed by atoms with Gasteiger partial charge in [-0.3, -0.25) is 9.59 Å². The molecule has 2 N–H and O–H groups in total. The third-order valence-corrected chi connectivity index (χ3v) is 4.17. The van der Waals surface area contributed by atoms with Gasteiger partial charge in [-0.25, -0.2) is 0 Å². The highest BCUT2D eigenvalue weighted by atomic mass is 16.5. The van der Waals surface area contributed by atoms with E-state index in [9.17, 15) is 9.59 Å². The molecular formula is C19H29NO5. The van der Waals surface area contributed by atoms with Crippen LogP contribution in [0.2, 0.25) is 0 Å². The smallest absolute Gasteiger partial charge is 0.314 e. The van der Waals surface area contributed by atoms with E-state index in [4.69, 9.17) is 14.6 Å². The number of rotatable bonds is 13. The predicted molar refractivity (Wildman–Crippen MR) is 96.4 cm³/mol. The quantitative estimate of drug-likeness (QED) is 0.420. The molecule has 0 aliphatic carbocycles. The van der Waals surface area contributed by atoms with Crippen molar-refractivity contribution in [2.75, 3.05) is 27.3 Å². The van der Waals surface area contributed by atoms with Gasteiger partial charge in [-0.05, 0) is 50.0 Å². The van der Waals surface area contributed by atoms with Gasteiger partial charge in [0.2, 0.25) is 0 Å². The average Bonchev–Trinajstić information content (AvgIpc) is 2.62. The van der Waals surface area contributed by atoms with Gasteiger partial charge in [0.1, 0.15) is 11.7 Å². The van der Waals surface area contributed by atoms with E-state index >= 15 is 0 Å². The lowest BCUT2D eigenvalue weighted by Crippen LogP contribution is -2.24. The summed E-state index contributed by atoms with van der Waals surface area (Å²) in [5.41, 5.74) is 1.16. The Bertz CT molecular complexity index is 559. The van der Waals surface area contributed by atoms with E-state index < -0.39 is 11.9 Å². The fraction of sp³-hybridized carbons (Fsp3) is 0.579. The summed E-state index contributed by atoms with van der Waals surface area (Å²) in [6.45, 7) is 3.33. The number of Topliss-reactive ketones (excluding diaryl/α,β-unsaturated/α-hetero) is 1. The van der Waals surface area contributed by atoms with Crippen molar-refractivity contribution in [3.8, 4) is 11.5 Å². The number of ether oxygens (including phenoxy) is 2. The fourth-order valence-corrected chi connectivity index (χ4v) is 2.66. The summed E-state index contributed by atoms with van der Waals surface area (Å²) in [5.74, 6) is -0.604. The maximum absolute atomic E-state index is 11.6. The number of hydrogen-bond donors (Lipinski definition) is 2. The third kappa shape index (κ3) is 7.13. The second-order valence-electron chi connectivity index (χ2n) is 5.90. The van der Waals surface area contributed by atoms with Crippen molar-refractivity contribution >= 4 is 11.8 Å². The lowest BCUT2D eigenvalue weighted by atomic mass is 9.96. The van der Waals surface area contributed by atoms with Crippen molar-refractivity contribution in [3.63, 3.8) is 0 Å². The number of hydrogen-bond acceptors (Lipinski definition) is 5. The zero-order chi connectivity index (χ0) is 18.7. The molecule has 0 bridgehead atoms. The van der Waals surface area contributed by atoms with Gasteiger partial charge in [-0.1, -0.05) is 19.4 Å². The number of benzene rings is 1. The molecule has 0 aliphatic rings. The molecule has 25 heavy (non-hydrogen) atoms. The maximum atomic E-state index is 11.6. The zero-order valence-corrected chi connectivity index (χ0v) is 15.3. The Balaban J connectivity index is 2.24. The summed E-state index contributed by atoms with van der Waals surface area (Å²) in [4.78, 5) is 22.6. The van der Waals surface area contributed by atoms with Crippen molar-refractivity contribution in [2.45, 2.75) is 39.0 Å². The van der Waals surface area contributed by atoms with Crippen molar-refractivity contribution in [1.82, 2.24) is 5.32 Å². The molecule has 1 unspecified atom stereocenters. The first-order valence-corrected chi connectivity index (χ1v) is 8.70. The molecule has 1 rings (SSSR count). The second kappa shape index (κ2) is 11.5. The van der Waals surface area contributed by atoms with Crippen molar-refractivity contribution in [1.29, 1.82) is 0 Å². The minimum Gasteiger partial charge on any atom is -0.493 e. The lowest BCUT2D eigenvalue weighted by Gasteiger charge is -2.11. The molecule has 1 aromatic rings. The van der Waals surface area contributed by atoms with Crippen LogP contribution < -0.4 is 14.8 Å². The highest BCUT2D eigenvalue weighted by Crippen LogP contribution is 2.27. The molecule has 1 aromatic carbocycles. The van der Waals surface area contributed by atoms with Crippen LogP contribution in [-0.2, 0) is 16.0 Å². The summed E-state index contributed by atoms with van der Waals surface area (Å²) >= 11 is 0. The predicted octanol–water partition coefficient (Wildman–Crippen LogP) is 2.69. The molecule has 0 spiro atoms. The number of nitrogens with one attached hydrogen (secondary N) is 1. The van der Waals surface area contributed by atoms with Gasteiger partial charge >= 0.3 is 5.97 Å². The van der Waals surface area contributed by atoms with E-state index in [0.29, 0.717) is 12.2 Å². The monoisotopic (exact) mass is 351 g/mol. The molecule has 1 atom stereocenters. The average molecular weight is 351 g/mol. The maximum Gasteiger partial charge on any atom is 0.314 e. The van der Waals surface area contributed by atoms with Crippen LogP contribution in [0.5, 0.6) is 11.5 Å². The van der Waals surface area contributed by atoms with Crippen LogP contribution in [0.25, 0.3) is 0 Å². The third-order valence-electron chi connectivity index (χ3n) is 4.17. The van der Waals surface area contributed by atoms with Crippen LogP contribution in [0.3, 0.4) is 0 Å². The van der Waals surface area contributed by atoms with Crippen molar-refractivity contribution in [3.05, 3.63) is 23.8 Å². The Hall–Kier alpha value is -2.08. The number of carbonyl (C=O) groups is 2. The highest BCUT2D eigenvalue weighted by Gasteiger charge is 2.23. The van der Waals surface area contributed by atoms with Crippen LogP contribution >= 0.6 is 0 Å². The van der Waals surface area contributed by atoms with Gasteiger partial charge in [0.05, 0.1) is 14.2 Å². The molecule has 0 saturated carbocycles. The van der Waals surface area contributed by atoms with Gasteiger partial charge < -0.3 is 19.9 Å². The Labute approximate surface area is 149 Å². The Morgan fingerprint density at radius 3 is 2.44 bits per heavy atom.